The number of fused-ring (bicyclic) bond motifs is 1. The van der Waals surface area contributed by atoms with Crippen molar-refractivity contribution in [2.24, 2.45) is 4.99 Å². The van der Waals surface area contributed by atoms with E-state index in [9.17, 15) is 22.8 Å². The van der Waals surface area contributed by atoms with E-state index in [-0.39, 0.29) is 33.8 Å². The summed E-state index contributed by atoms with van der Waals surface area (Å²) in [6.45, 7) is 3.47. The standard InChI is InChI=1S/C30H24BrF3N2O6S/c1-5-41-28(38)25-15(2)35-29-36(26(25)19-13-22(39-3)23(40-4)14-20(19)31)27(37)24(43-29)12-18-9-10-21(42-18)16-7-6-8-17(11-16)30(32,33)34/h6-14,26H,5H2,1-4H3/b24-12+. The van der Waals surface area contributed by atoms with Gasteiger partial charge in [0.15, 0.2) is 16.3 Å². The van der Waals surface area contributed by atoms with Gasteiger partial charge in [0, 0.05) is 16.1 Å². The highest BCUT2D eigenvalue weighted by atomic mass is 79.9. The molecule has 0 amide bonds. The third-order valence-corrected chi connectivity index (χ3v) is 8.36. The van der Waals surface area contributed by atoms with Gasteiger partial charge in [-0.15, -0.1) is 0 Å². The Hall–Kier alpha value is -4.10. The number of aromatic nitrogens is 1. The molecule has 1 aliphatic heterocycles. The lowest BCUT2D eigenvalue weighted by atomic mass is 9.95. The highest BCUT2D eigenvalue weighted by Crippen LogP contribution is 2.41. The molecule has 2 aromatic heterocycles. The molecule has 224 valence electrons. The van der Waals surface area contributed by atoms with E-state index in [0.717, 1.165) is 23.5 Å². The Balaban J connectivity index is 1.65. The normalized spacial score (nSPS) is 15.3. The number of nitrogens with zero attached hydrogens (tertiary/aromatic N) is 2. The molecular weight excluding hydrogens is 653 g/mol. The number of rotatable bonds is 7. The number of hydrogen-bond donors (Lipinski definition) is 0. The molecule has 4 aromatic rings. The molecule has 0 saturated carbocycles. The minimum Gasteiger partial charge on any atom is -0.493 e. The summed E-state index contributed by atoms with van der Waals surface area (Å²) < 4.78 is 63.9. The third kappa shape index (κ3) is 5.78. The fourth-order valence-electron chi connectivity index (χ4n) is 4.73. The number of hydrogen-bond acceptors (Lipinski definition) is 8. The Labute approximate surface area is 255 Å². The van der Waals surface area contributed by atoms with Crippen molar-refractivity contribution in [1.82, 2.24) is 4.57 Å². The second-order valence-corrected chi connectivity index (χ2v) is 11.2. The topological polar surface area (TPSA) is 92.3 Å². The zero-order valence-corrected chi connectivity index (χ0v) is 25.6. The van der Waals surface area contributed by atoms with Crippen LogP contribution in [0.3, 0.4) is 0 Å². The number of halogens is 4. The van der Waals surface area contributed by atoms with Crippen LogP contribution in [0.2, 0.25) is 0 Å². The van der Waals surface area contributed by atoms with Crippen molar-refractivity contribution < 1.29 is 36.6 Å². The van der Waals surface area contributed by atoms with Crippen LogP contribution in [0.4, 0.5) is 13.2 Å². The van der Waals surface area contributed by atoms with E-state index in [2.05, 4.69) is 20.9 Å². The molecule has 0 N–H and O–H groups in total. The first-order valence-electron chi connectivity index (χ1n) is 12.8. The van der Waals surface area contributed by atoms with E-state index in [1.807, 2.05) is 0 Å². The van der Waals surface area contributed by atoms with E-state index < -0.39 is 29.3 Å². The number of benzene rings is 2. The maximum Gasteiger partial charge on any atom is 0.416 e. The largest absolute Gasteiger partial charge is 0.493 e. The number of alkyl halides is 3. The van der Waals surface area contributed by atoms with E-state index in [1.165, 1.54) is 43.1 Å². The zero-order chi connectivity index (χ0) is 31.1. The first kappa shape index (κ1) is 30.4. The van der Waals surface area contributed by atoms with Gasteiger partial charge in [-0.3, -0.25) is 9.36 Å². The summed E-state index contributed by atoms with van der Waals surface area (Å²) in [6, 6.07) is 10.3. The molecule has 0 fully saturated rings. The molecule has 5 rings (SSSR count). The molecule has 13 heteroatoms. The van der Waals surface area contributed by atoms with Gasteiger partial charge in [-0.2, -0.15) is 13.2 Å². The monoisotopic (exact) mass is 676 g/mol. The fourth-order valence-corrected chi connectivity index (χ4v) is 6.29. The summed E-state index contributed by atoms with van der Waals surface area (Å²) in [5.74, 6) is 0.666. The molecule has 1 unspecified atom stereocenters. The van der Waals surface area contributed by atoms with Crippen LogP contribution in [0.15, 0.2) is 78.5 Å². The SMILES string of the molecule is CCOC(=O)C1=C(C)N=c2s/c(=C/c3ccc(-c4cccc(C(F)(F)F)c4)o3)c(=O)n2C1c1cc(OC)c(OC)cc1Br. The number of esters is 1. The Bertz CT molecular complexity index is 1940. The van der Waals surface area contributed by atoms with Crippen molar-refractivity contribution >= 4 is 39.3 Å². The molecule has 8 nitrogen and oxygen atoms in total. The molecule has 2 aromatic carbocycles. The summed E-state index contributed by atoms with van der Waals surface area (Å²) in [5.41, 5.74) is 0.0739. The highest BCUT2D eigenvalue weighted by Gasteiger charge is 2.35. The van der Waals surface area contributed by atoms with Crippen LogP contribution in [0.1, 0.15) is 36.8 Å². The molecule has 0 spiro atoms. The van der Waals surface area contributed by atoms with Gasteiger partial charge >= 0.3 is 12.1 Å². The predicted octanol–water partition coefficient (Wildman–Crippen LogP) is 5.86. The quantitative estimate of drug-likeness (QED) is 0.228. The van der Waals surface area contributed by atoms with E-state index in [1.54, 1.807) is 32.0 Å². The molecule has 0 aliphatic carbocycles. The van der Waals surface area contributed by atoms with E-state index in [4.69, 9.17) is 18.6 Å². The number of allylic oxidation sites excluding steroid dienone is 1. The molecule has 3 heterocycles. The summed E-state index contributed by atoms with van der Waals surface area (Å²) in [5, 5.41) is 0. The van der Waals surface area contributed by atoms with Crippen LogP contribution in [-0.4, -0.2) is 31.4 Å². The molecule has 1 atom stereocenters. The van der Waals surface area contributed by atoms with Crippen LogP contribution in [0.5, 0.6) is 11.5 Å². The Kier molecular flexibility index (Phi) is 8.39. The van der Waals surface area contributed by atoms with E-state index in [0.29, 0.717) is 32.0 Å². The van der Waals surface area contributed by atoms with Crippen LogP contribution in [0, 0.1) is 0 Å². The number of carbonyl (C=O) groups excluding carboxylic acids is 1. The smallest absolute Gasteiger partial charge is 0.416 e. The molecular formula is C30H24BrF3N2O6S. The Morgan fingerprint density at radius 3 is 2.53 bits per heavy atom. The van der Waals surface area contributed by atoms with Crippen LogP contribution >= 0.6 is 27.3 Å². The highest BCUT2D eigenvalue weighted by molar-refractivity contribution is 9.10. The molecule has 0 saturated heterocycles. The van der Waals surface area contributed by atoms with Crippen molar-refractivity contribution in [3.63, 3.8) is 0 Å². The Morgan fingerprint density at radius 2 is 1.86 bits per heavy atom. The van der Waals surface area contributed by atoms with Crippen LogP contribution < -0.4 is 24.4 Å². The second kappa shape index (κ2) is 11.9. The van der Waals surface area contributed by atoms with Crippen molar-refractivity contribution in [3.8, 4) is 22.8 Å². The minimum absolute atomic E-state index is 0.118. The summed E-state index contributed by atoms with van der Waals surface area (Å²) in [7, 11) is 2.97. The average molecular weight is 677 g/mol. The van der Waals surface area contributed by atoms with Crippen molar-refractivity contribution in [2.45, 2.75) is 26.1 Å². The predicted molar refractivity (Wildman–Crippen MR) is 157 cm³/mol. The summed E-state index contributed by atoms with van der Waals surface area (Å²) >= 11 is 4.64. The number of furan rings is 1. The number of ether oxygens (including phenoxy) is 3. The summed E-state index contributed by atoms with van der Waals surface area (Å²) in [6.07, 6.45) is -3.01. The number of methoxy groups -OCH3 is 2. The van der Waals surface area contributed by atoms with Gasteiger partial charge in [0.1, 0.15) is 11.5 Å². The van der Waals surface area contributed by atoms with Gasteiger partial charge in [-0.25, -0.2) is 9.79 Å². The molecule has 0 radical (unpaired) electrons. The van der Waals surface area contributed by atoms with Gasteiger partial charge in [0.2, 0.25) is 0 Å². The van der Waals surface area contributed by atoms with Crippen molar-refractivity contribution in [1.29, 1.82) is 0 Å². The van der Waals surface area contributed by atoms with Crippen molar-refractivity contribution in [2.75, 3.05) is 20.8 Å². The first-order valence-corrected chi connectivity index (χ1v) is 14.5. The van der Waals surface area contributed by atoms with Gasteiger partial charge in [0.05, 0.1) is 48.2 Å². The Morgan fingerprint density at radius 1 is 1.14 bits per heavy atom. The summed E-state index contributed by atoms with van der Waals surface area (Å²) in [4.78, 5) is 32.0. The number of carbonyl (C=O) groups is 1. The first-order chi connectivity index (χ1) is 20.5. The van der Waals surface area contributed by atoms with E-state index >= 15 is 0 Å². The van der Waals surface area contributed by atoms with Crippen molar-refractivity contribution in [3.05, 3.63) is 101 Å². The lowest BCUT2D eigenvalue weighted by Crippen LogP contribution is -2.40. The van der Waals surface area contributed by atoms with Gasteiger partial charge in [-0.1, -0.05) is 39.4 Å². The lowest BCUT2D eigenvalue weighted by Gasteiger charge is -2.26. The van der Waals surface area contributed by atoms with Gasteiger partial charge in [0.25, 0.3) is 5.56 Å². The fraction of sp³-hybridized carbons (Fsp3) is 0.233. The molecule has 0 bridgehead atoms. The molecule has 43 heavy (non-hydrogen) atoms. The zero-order valence-electron chi connectivity index (χ0n) is 23.2. The van der Waals surface area contributed by atoms with Gasteiger partial charge in [-0.05, 0) is 55.8 Å². The average Bonchev–Trinajstić information content (AvgIpc) is 3.56. The third-order valence-electron chi connectivity index (χ3n) is 6.69. The van der Waals surface area contributed by atoms with Gasteiger partial charge < -0.3 is 18.6 Å². The second-order valence-electron chi connectivity index (χ2n) is 9.31. The molecule has 1 aliphatic rings. The van der Waals surface area contributed by atoms with Crippen LogP contribution in [0.25, 0.3) is 17.4 Å². The minimum atomic E-state index is -4.50. The maximum absolute atomic E-state index is 13.9. The number of thiazole rings is 1. The lowest BCUT2D eigenvalue weighted by molar-refractivity contribution is -0.139. The van der Waals surface area contributed by atoms with Crippen LogP contribution in [-0.2, 0) is 15.7 Å². The maximum atomic E-state index is 13.9.